The molecule has 1 heterocycles. The summed E-state index contributed by atoms with van der Waals surface area (Å²) in [5.41, 5.74) is 6.62. The molecule has 220 valence electrons. The second kappa shape index (κ2) is 11.3. The molecule has 9 aromatic rings. The van der Waals surface area contributed by atoms with E-state index in [-0.39, 0.29) is 0 Å². The Morgan fingerprint density at radius 2 is 0.830 bits per heavy atom. The van der Waals surface area contributed by atoms with Crippen LogP contribution < -0.4 is 0 Å². The highest BCUT2D eigenvalue weighted by molar-refractivity contribution is 6.19. The minimum absolute atomic E-state index is 0.937. The van der Waals surface area contributed by atoms with Crippen molar-refractivity contribution in [1.82, 2.24) is 9.55 Å². The van der Waals surface area contributed by atoms with Gasteiger partial charge < -0.3 is 0 Å². The van der Waals surface area contributed by atoms with Gasteiger partial charge in [0, 0.05) is 11.3 Å². The highest BCUT2D eigenvalue weighted by Crippen LogP contribution is 2.34. The first kappa shape index (κ1) is 27.1. The molecular weight excluding hydrogens is 569 g/mol. The van der Waals surface area contributed by atoms with Gasteiger partial charge >= 0.3 is 0 Å². The molecule has 0 aliphatic rings. The number of hydrogen-bond donors (Lipinski definition) is 0. The van der Waals surface area contributed by atoms with Crippen LogP contribution in [0.5, 0.6) is 0 Å². The average molecular weight is 599 g/mol. The summed E-state index contributed by atoms with van der Waals surface area (Å²) < 4.78 is 2.25. The van der Waals surface area contributed by atoms with Gasteiger partial charge in [-0.25, -0.2) is 4.98 Å². The van der Waals surface area contributed by atoms with E-state index in [1.165, 1.54) is 54.2 Å². The van der Waals surface area contributed by atoms with Crippen LogP contribution >= 0.6 is 0 Å². The first-order chi connectivity index (χ1) is 23.3. The van der Waals surface area contributed by atoms with Crippen LogP contribution in [0.4, 0.5) is 0 Å². The Hall–Kier alpha value is -6.25. The van der Waals surface area contributed by atoms with Crippen LogP contribution in [0.3, 0.4) is 0 Å². The molecule has 8 aromatic carbocycles. The molecule has 2 nitrogen and oxygen atoms in total. The molecule has 0 saturated carbocycles. The van der Waals surface area contributed by atoms with Gasteiger partial charge in [-0.15, -0.1) is 0 Å². The highest BCUT2D eigenvalue weighted by Gasteiger charge is 2.14. The van der Waals surface area contributed by atoms with E-state index >= 15 is 0 Å². The Morgan fingerprint density at radius 1 is 0.340 bits per heavy atom. The van der Waals surface area contributed by atoms with Crippen molar-refractivity contribution in [3.05, 3.63) is 182 Å². The summed E-state index contributed by atoms with van der Waals surface area (Å²) in [7, 11) is 0. The number of para-hydroxylation sites is 3. The van der Waals surface area contributed by atoms with Crippen molar-refractivity contribution < 1.29 is 0 Å². The molecule has 0 saturated heterocycles. The Morgan fingerprint density at radius 3 is 1.55 bits per heavy atom. The number of benzene rings is 7. The van der Waals surface area contributed by atoms with E-state index in [4.69, 9.17) is 4.98 Å². The first-order valence-electron chi connectivity index (χ1n) is 16.1. The molecule has 47 heavy (non-hydrogen) atoms. The Bertz CT molecular complexity index is 2670. The maximum atomic E-state index is 5.07. The standard InChI is InChI=1S/C45H30N2/c1-2-13-36(14-3-1)47-44-21-11-10-20-43(44)46-45(47)34-27-22-31(23-28-34)35-29-26-33-25-24-32-12-4-5-15-37(32)38-16-6-7-17-39(38)40-18-8-9-19-41(40)42(33)30-35/h1-30H. The van der Waals surface area contributed by atoms with E-state index in [9.17, 15) is 0 Å². The largest absolute Gasteiger partial charge is 0.292 e. The van der Waals surface area contributed by atoms with Crippen molar-refractivity contribution >= 4 is 54.1 Å². The van der Waals surface area contributed by atoms with Crippen LogP contribution in [-0.2, 0) is 0 Å². The smallest absolute Gasteiger partial charge is 0.145 e. The third-order valence-electron chi connectivity index (χ3n) is 9.23. The zero-order valence-corrected chi connectivity index (χ0v) is 25.7. The molecular formula is C45H30N2. The molecule has 0 spiro atoms. The number of aromatic nitrogens is 2. The summed E-state index contributed by atoms with van der Waals surface area (Å²) in [6.07, 6.45) is 0. The van der Waals surface area contributed by atoms with E-state index in [0.717, 1.165) is 28.1 Å². The SMILES string of the molecule is c1ccc(-n2c(-c3ccc(-c4ccc5ccc6ccccc6c6ccccc6c6ccccc6c5c4)cc3)nc3ccccc32)cc1. The average Bonchev–Trinajstić information content (AvgIpc) is 3.54. The molecule has 0 radical (unpaired) electrons. The minimum atomic E-state index is 0.937. The first-order valence-corrected chi connectivity index (χ1v) is 16.1. The summed E-state index contributed by atoms with van der Waals surface area (Å²) in [5, 5.41) is 9.84. The molecule has 2 heteroatoms. The van der Waals surface area contributed by atoms with Gasteiger partial charge in [0.1, 0.15) is 5.82 Å². The fourth-order valence-corrected chi connectivity index (χ4v) is 6.96. The number of hydrogen-bond acceptors (Lipinski definition) is 1. The van der Waals surface area contributed by atoms with E-state index in [0.29, 0.717) is 0 Å². The van der Waals surface area contributed by atoms with Gasteiger partial charge in [0.05, 0.1) is 11.0 Å². The number of nitrogens with zero attached hydrogens (tertiary/aromatic N) is 2. The fourth-order valence-electron chi connectivity index (χ4n) is 6.96. The van der Waals surface area contributed by atoms with Crippen LogP contribution in [0.1, 0.15) is 0 Å². The zero-order chi connectivity index (χ0) is 31.2. The van der Waals surface area contributed by atoms with Gasteiger partial charge in [0.2, 0.25) is 0 Å². The summed E-state index contributed by atoms with van der Waals surface area (Å²) >= 11 is 0. The lowest BCUT2D eigenvalue weighted by Crippen LogP contribution is -1.97. The lowest BCUT2D eigenvalue weighted by atomic mass is 9.95. The summed E-state index contributed by atoms with van der Waals surface area (Å²) in [4.78, 5) is 5.07. The van der Waals surface area contributed by atoms with E-state index in [1.807, 2.05) is 6.07 Å². The zero-order valence-electron chi connectivity index (χ0n) is 25.7. The number of rotatable bonds is 3. The van der Waals surface area contributed by atoms with Crippen molar-refractivity contribution in [3.8, 4) is 28.2 Å². The lowest BCUT2D eigenvalue weighted by molar-refractivity contribution is 1.10. The molecule has 1 aromatic heterocycles. The van der Waals surface area contributed by atoms with Crippen LogP contribution in [0.15, 0.2) is 182 Å². The predicted octanol–water partition coefficient (Wildman–Crippen LogP) is 12.1. The van der Waals surface area contributed by atoms with Crippen LogP contribution in [0.2, 0.25) is 0 Å². The topological polar surface area (TPSA) is 17.8 Å². The highest BCUT2D eigenvalue weighted by atomic mass is 15.1. The van der Waals surface area contributed by atoms with Crippen molar-refractivity contribution in [1.29, 1.82) is 0 Å². The van der Waals surface area contributed by atoms with Crippen molar-refractivity contribution in [2.24, 2.45) is 0 Å². The van der Waals surface area contributed by atoms with E-state index < -0.39 is 0 Å². The molecule has 0 fully saturated rings. The van der Waals surface area contributed by atoms with Crippen LogP contribution in [0.25, 0.3) is 82.3 Å². The summed E-state index contributed by atoms with van der Waals surface area (Å²) in [6, 6.07) is 65.3. The minimum Gasteiger partial charge on any atom is -0.292 e. The van der Waals surface area contributed by atoms with Gasteiger partial charge in [0.15, 0.2) is 0 Å². The van der Waals surface area contributed by atoms with Crippen molar-refractivity contribution in [2.75, 3.05) is 0 Å². The fraction of sp³-hybridized carbons (Fsp3) is 0. The van der Waals surface area contributed by atoms with Gasteiger partial charge in [-0.05, 0) is 84.5 Å². The predicted molar refractivity (Wildman–Crippen MR) is 200 cm³/mol. The normalized spacial score (nSPS) is 11.4. The molecule has 0 N–H and O–H groups in total. The van der Waals surface area contributed by atoms with Crippen molar-refractivity contribution in [2.45, 2.75) is 0 Å². The molecule has 0 atom stereocenters. The van der Waals surface area contributed by atoms with Gasteiger partial charge in [-0.2, -0.15) is 0 Å². The molecule has 9 rings (SSSR count). The monoisotopic (exact) mass is 598 g/mol. The molecule has 0 bridgehead atoms. The molecule has 0 unspecified atom stereocenters. The Kier molecular flexibility index (Phi) is 6.50. The third-order valence-corrected chi connectivity index (χ3v) is 9.23. The maximum absolute atomic E-state index is 5.07. The van der Waals surface area contributed by atoms with Crippen molar-refractivity contribution in [3.63, 3.8) is 0 Å². The van der Waals surface area contributed by atoms with Gasteiger partial charge in [-0.1, -0.05) is 152 Å². The lowest BCUT2D eigenvalue weighted by Gasteiger charge is -2.11. The molecule has 0 amide bonds. The second-order valence-corrected chi connectivity index (χ2v) is 12.0. The molecule has 0 aliphatic heterocycles. The van der Waals surface area contributed by atoms with Crippen LogP contribution in [-0.4, -0.2) is 9.55 Å². The maximum Gasteiger partial charge on any atom is 0.145 e. The van der Waals surface area contributed by atoms with Gasteiger partial charge in [0.25, 0.3) is 0 Å². The Labute approximate surface area is 273 Å². The second-order valence-electron chi connectivity index (χ2n) is 12.0. The van der Waals surface area contributed by atoms with Gasteiger partial charge in [-0.3, -0.25) is 4.57 Å². The number of fused-ring (bicyclic) bond motifs is 8. The molecule has 0 aliphatic carbocycles. The number of imidazole rings is 1. The Balaban J connectivity index is 1.24. The summed E-state index contributed by atoms with van der Waals surface area (Å²) in [5.74, 6) is 0.937. The van der Waals surface area contributed by atoms with E-state index in [1.54, 1.807) is 0 Å². The quantitative estimate of drug-likeness (QED) is 0.198. The van der Waals surface area contributed by atoms with Crippen LogP contribution in [0, 0.1) is 0 Å². The van der Waals surface area contributed by atoms with E-state index in [2.05, 4.69) is 180 Å². The summed E-state index contributed by atoms with van der Waals surface area (Å²) in [6.45, 7) is 0. The third kappa shape index (κ3) is 4.70.